The van der Waals surface area contributed by atoms with Gasteiger partial charge in [0, 0.05) is 7.05 Å². The molecule has 0 unspecified atom stereocenters. The van der Waals surface area contributed by atoms with Crippen molar-refractivity contribution in [2.24, 2.45) is 7.05 Å². The largest absolute Gasteiger partial charge is 0.463 e. The summed E-state index contributed by atoms with van der Waals surface area (Å²) in [5.74, 6) is -0.317. The third kappa shape index (κ3) is 2.76. The lowest BCUT2D eigenvalue weighted by Crippen LogP contribution is -2.24. The van der Waals surface area contributed by atoms with Crippen LogP contribution in [0.3, 0.4) is 0 Å². The van der Waals surface area contributed by atoms with E-state index < -0.39 is 11.7 Å². The molecule has 1 N–H and O–H groups in total. The van der Waals surface area contributed by atoms with Crippen LogP contribution in [0.5, 0.6) is 0 Å². The number of nitrogens with one attached hydrogen (secondary N) is 1. The number of halogens is 1. The molecular formula is C16H14FN3O2. The number of rotatable bonds is 4. The van der Waals surface area contributed by atoms with E-state index in [1.54, 1.807) is 36.2 Å². The minimum atomic E-state index is -0.544. The van der Waals surface area contributed by atoms with Crippen LogP contribution >= 0.6 is 0 Å². The van der Waals surface area contributed by atoms with Crippen LogP contribution in [0.4, 0.5) is 4.39 Å². The number of carbonyl (C=O) groups is 1. The van der Waals surface area contributed by atoms with Gasteiger partial charge in [-0.25, -0.2) is 4.39 Å². The first-order valence-electron chi connectivity index (χ1n) is 6.74. The molecule has 0 aliphatic heterocycles. The average Bonchev–Trinajstić information content (AvgIpc) is 3.14. The molecule has 1 aromatic carbocycles. The fraction of sp³-hybridized carbons (Fsp3) is 0.125. The van der Waals surface area contributed by atoms with Gasteiger partial charge in [0.15, 0.2) is 5.76 Å². The van der Waals surface area contributed by atoms with Gasteiger partial charge in [0.1, 0.15) is 11.5 Å². The molecule has 2 heterocycles. The SMILES string of the molecule is Cn1nc(CNC(=O)c2ccccc2F)cc1-c1ccco1. The topological polar surface area (TPSA) is 60.1 Å². The van der Waals surface area contributed by atoms with Gasteiger partial charge in [-0.3, -0.25) is 9.48 Å². The molecule has 0 radical (unpaired) electrons. The molecule has 0 aliphatic rings. The molecule has 0 atom stereocenters. The minimum Gasteiger partial charge on any atom is -0.463 e. The quantitative estimate of drug-likeness (QED) is 0.806. The van der Waals surface area contributed by atoms with Gasteiger partial charge in [0.05, 0.1) is 24.1 Å². The Kier molecular flexibility index (Phi) is 3.74. The highest BCUT2D eigenvalue weighted by atomic mass is 19.1. The van der Waals surface area contributed by atoms with Crippen LogP contribution in [-0.4, -0.2) is 15.7 Å². The zero-order chi connectivity index (χ0) is 15.5. The van der Waals surface area contributed by atoms with E-state index in [9.17, 15) is 9.18 Å². The molecule has 6 heteroatoms. The fourth-order valence-corrected chi connectivity index (χ4v) is 2.18. The molecular weight excluding hydrogens is 285 g/mol. The summed E-state index contributed by atoms with van der Waals surface area (Å²) in [5, 5.41) is 6.96. The van der Waals surface area contributed by atoms with Gasteiger partial charge in [-0.1, -0.05) is 12.1 Å². The Hall–Kier alpha value is -2.89. The molecule has 0 saturated carbocycles. The summed E-state index contributed by atoms with van der Waals surface area (Å²) in [6.07, 6.45) is 1.59. The first-order chi connectivity index (χ1) is 10.6. The molecule has 3 aromatic rings. The molecule has 112 valence electrons. The number of nitrogens with zero attached hydrogens (tertiary/aromatic N) is 2. The van der Waals surface area contributed by atoms with Gasteiger partial charge in [0.25, 0.3) is 5.91 Å². The van der Waals surface area contributed by atoms with Crippen molar-refractivity contribution >= 4 is 5.91 Å². The molecule has 0 bridgehead atoms. The Morgan fingerprint density at radius 2 is 2.14 bits per heavy atom. The van der Waals surface area contributed by atoms with Crippen molar-refractivity contribution in [3.05, 3.63) is 65.8 Å². The predicted molar refractivity (Wildman–Crippen MR) is 78.5 cm³/mol. The van der Waals surface area contributed by atoms with E-state index in [1.807, 2.05) is 12.1 Å². The summed E-state index contributed by atoms with van der Waals surface area (Å²) in [5.41, 5.74) is 1.49. The number of hydrogen-bond acceptors (Lipinski definition) is 3. The highest BCUT2D eigenvalue weighted by Crippen LogP contribution is 2.20. The second-order valence-electron chi connectivity index (χ2n) is 4.78. The highest BCUT2D eigenvalue weighted by Gasteiger charge is 2.13. The zero-order valence-corrected chi connectivity index (χ0v) is 11.9. The van der Waals surface area contributed by atoms with Crippen LogP contribution in [-0.2, 0) is 13.6 Å². The lowest BCUT2D eigenvalue weighted by atomic mass is 10.2. The van der Waals surface area contributed by atoms with E-state index in [0.717, 1.165) is 5.69 Å². The van der Waals surface area contributed by atoms with Crippen molar-refractivity contribution in [3.63, 3.8) is 0 Å². The third-order valence-electron chi connectivity index (χ3n) is 3.25. The first-order valence-corrected chi connectivity index (χ1v) is 6.74. The summed E-state index contributed by atoms with van der Waals surface area (Å²) >= 11 is 0. The Labute approximate surface area is 126 Å². The maximum absolute atomic E-state index is 13.5. The molecule has 22 heavy (non-hydrogen) atoms. The van der Waals surface area contributed by atoms with Gasteiger partial charge in [-0.15, -0.1) is 0 Å². The second-order valence-corrected chi connectivity index (χ2v) is 4.78. The van der Waals surface area contributed by atoms with E-state index in [0.29, 0.717) is 11.5 Å². The molecule has 3 rings (SSSR count). The number of hydrogen-bond donors (Lipinski definition) is 1. The van der Waals surface area contributed by atoms with Crippen LogP contribution in [0.15, 0.2) is 53.1 Å². The summed E-state index contributed by atoms with van der Waals surface area (Å²) in [7, 11) is 1.79. The second kappa shape index (κ2) is 5.85. The van der Waals surface area contributed by atoms with E-state index in [2.05, 4.69) is 10.4 Å². The number of furan rings is 1. The van der Waals surface area contributed by atoms with Crippen LogP contribution in [0.2, 0.25) is 0 Å². The number of amides is 1. The average molecular weight is 299 g/mol. The number of benzene rings is 1. The van der Waals surface area contributed by atoms with E-state index in [4.69, 9.17) is 4.42 Å². The van der Waals surface area contributed by atoms with Crippen molar-refractivity contribution in [2.75, 3.05) is 0 Å². The van der Waals surface area contributed by atoms with Crippen molar-refractivity contribution in [1.82, 2.24) is 15.1 Å². The van der Waals surface area contributed by atoms with Gasteiger partial charge in [-0.2, -0.15) is 5.10 Å². The van der Waals surface area contributed by atoms with Gasteiger partial charge in [0.2, 0.25) is 0 Å². The van der Waals surface area contributed by atoms with Gasteiger partial charge >= 0.3 is 0 Å². The Morgan fingerprint density at radius 1 is 1.32 bits per heavy atom. The molecule has 0 saturated heterocycles. The zero-order valence-electron chi connectivity index (χ0n) is 11.9. The summed E-state index contributed by atoms with van der Waals surface area (Å²) < 4.78 is 20.5. The minimum absolute atomic E-state index is 0.0182. The van der Waals surface area contributed by atoms with Crippen LogP contribution < -0.4 is 5.32 Å². The van der Waals surface area contributed by atoms with E-state index in [-0.39, 0.29) is 12.1 Å². The number of aromatic nitrogens is 2. The smallest absolute Gasteiger partial charge is 0.254 e. The molecule has 0 aliphatic carbocycles. The van der Waals surface area contributed by atoms with Crippen LogP contribution in [0.25, 0.3) is 11.5 Å². The summed E-state index contributed by atoms with van der Waals surface area (Å²) in [6.45, 7) is 0.210. The molecule has 1 amide bonds. The Balaban J connectivity index is 1.71. The van der Waals surface area contributed by atoms with Crippen LogP contribution in [0, 0.1) is 5.82 Å². The monoisotopic (exact) mass is 299 g/mol. The first kappa shape index (κ1) is 14.1. The summed E-state index contributed by atoms with van der Waals surface area (Å²) in [6, 6.07) is 11.3. The number of aryl methyl sites for hydroxylation is 1. The maximum atomic E-state index is 13.5. The maximum Gasteiger partial charge on any atom is 0.254 e. The molecule has 0 spiro atoms. The van der Waals surface area contributed by atoms with Crippen molar-refractivity contribution in [3.8, 4) is 11.5 Å². The lowest BCUT2D eigenvalue weighted by molar-refractivity contribution is 0.0946. The summed E-state index contributed by atoms with van der Waals surface area (Å²) in [4.78, 5) is 12.0. The lowest BCUT2D eigenvalue weighted by Gasteiger charge is -2.03. The molecule has 0 fully saturated rings. The van der Waals surface area contributed by atoms with Crippen LogP contribution in [0.1, 0.15) is 16.1 Å². The van der Waals surface area contributed by atoms with Crippen molar-refractivity contribution in [2.45, 2.75) is 6.54 Å². The third-order valence-corrected chi connectivity index (χ3v) is 3.25. The van der Waals surface area contributed by atoms with Crippen molar-refractivity contribution < 1.29 is 13.6 Å². The van der Waals surface area contributed by atoms with Gasteiger partial charge < -0.3 is 9.73 Å². The predicted octanol–water partition coefficient (Wildman–Crippen LogP) is 2.75. The fourth-order valence-electron chi connectivity index (χ4n) is 2.18. The standard InChI is InChI=1S/C16H14FN3O2/c1-20-14(15-7-4-8-22-15)9-11(19-20)10-18-16(21)12-5-2-3-6-13(12)17/h2-9H,10H2,1H3,(H,18,21). The molecule has 5 nitrogen and oxygen atoms in total. The molecule has 2 aromatic heterocycles. The van der Waals surface area contributed by atoms with E-state index in [1.165, 1.54) is 12.1 Å². The van der Waals surface area contributed by atoms with Gasteiger partial charge in [-0.05, 0) is 30.3 Å². The highest BCUT2D eigenvalue weighted by molar-refractivity contribution is 5.94. The Morgan fingerprint density at radius 3 is 2.86 bits per heavy atom. The Bertz CT molecular complexity index is 794. The van der Waals surface area contributed by atoms with E-state index >= 15 is 0 Å². The van der Waals surface area contributed by atoms with Crippen molar-refractivity contribution in [1.29, 1.82) is 0 Å². The normalized spacial score (nSPS) is 10.6. The number of carbonyl (C=O) groups excluding carboxylic acids is 1.